The smallest absolute Gasteiger partial charge is 0.276 e. The second kappa shape index (κ2) is 3.64. The van der Waals surface area contributed by atoms with Crippen molar-refractivity contribution in [1.29, 1.82) is 0 Å². The van der Waals surface area contributed by atoms with Crippen molar-refractivity contribution in [2.75, 3.05) is 0 Å². The first-order valence-corrected chi connectivity index (χ1v) is 5.93. The first kappa shape index (κ1) is 10.2. The van der Waals surface area contributed by atoms with Gasteiger partial charge < -0.3 is 5.21 Å². The Morgan fingerprint density at radius 1 is 1.11 bits per heavy atom. The summed E-state index contributed by atoms with van der Waals surface area (Å²) >= 11 is 0. The lowest BCUT2D eigenvalue weighted by atomic mass is 10.0. The molecule has 0 amide bonds. The minimum Gasteiger partial charge on any atom is -0.692 e. The second-order valence-corrected chi connectivity index (χ2v) is 4.35. The van der Waals surface area contributed by atoms with Crippen molar-refractivity contribution in [1.82, 2.24) is 20.2 Å². The van der Waals surface area contributed by atoms with E-state index >= 15 is 0 Å². The molecule has 7 nitrogen and oxygen atoms in total. The van der Waals surface area contributed by atoms with E-state index in [1.165, 1.54) is 4.80 Å². The average Bonchev–Trinajstić information content (AvgIpc) is 3.04. The maximum atomic E-state index is 12.3. The summed E-state index contributed by atoms with van der Waals surface area (Å²) in [4.78, 5) is 2.14. The first-order chi connectivity index (χ1) is 9.34. The van der Waals surface area contributed by atoms with Crippen LogP contribution in [0.3, 0.4) is 0 Å². The molecule has 0 aliphatic heterocycles. The van der Waals surface area contributed by atoms with Gasteiger partial charge in [0.25, 0.3) is 5.69 Å². The van der Waals surface area contributed by atoms with Crippen molar-refractivity contribution >= 4 is 0 Å². The van der Waals surface area contributed by atoms with Gasteiger partial charge in [0.15, 0.2) is 11.4 Å². The normalized spacial score (nSPS) is 13.1. The molecule has 7 heteroatoms. The van der Waals surface area contributed by atoms with Gasteiger partial charge in [-0.1, -0.05) is 23.4 Å². The van der Waals surface area contributed by atoms with Gasteiger partial charge in [-0.05, 0) is 22.1 Å². The molecule has 2 heterocycles. The molecule has 0 fully saturated rings. The summed E-state index contributed by atoms with van der Waals surface area (Å²) in [5.74, 6) is 0. The highest BCUT2D eigenvalue weighted by Crippen LogP contribution is 2.27. The molecule has 2 aromatic heterocycles. The fourth-order valence-corrected chi connectivity index (χ4v) is 2.31. The molecule has 0 atom stereocenters. The van der Waals surface area contributed by atoms with E-state index in [9.17, 15) is 5.21 Å². The predicted molar refractivity (Wildman–Crippen MR) is 63.2 cm³/mol. The van der Waals surface area contributed by atoms with Crippen LogP contribution in [-0.4, -0.2) is 20.2 Å². The Morgan fingerprint density at radius 3 is 2.79 bits per heavy atom. The van der Waals surface area contributed by atoms with Crippen LogP contribution in [0.1, 0.15) is 11.4 Å². The van der Waals surface area contributed by atoms with Crippen LogP contribution in [0.15, 0.2) is 35.0 Å². The fraction of sp³-hybridized carbons (Fsp3) is 0.167. The zero-order chi connectivity index (χ0) is 12.8. The molecule has 0 spiro atoms. The Morgan fingerprint density at radius 2 is 1.95 bits per heavy atom. The highest BCUT2D eigenvalue weighted by atomic mass is 16.6. The molecule has 19 heavy (non-hydrogen) atoms. The van der Waals surface area contributed by atoms with Crippen molar-refractivity contribution < 1.29 is 9.47 Å². The van der Waals surface area contributed by atoms with Crippen LogP contribution >= 0.6 is 0 Å². The summed E-state index contributed by atoms with van der Waals surface area (Å²) < 4.78 is 4.72. The predicted octanol–water partition coefficient (Wildman–Crippen LogP) is 0.654. The summed E-state index contributed by atoms with van der Waals surface area (Å²) in [6.45, 7) is 0. The van der Waals surface area contributed by atoms with Crippen LogP contribution in [0.25, 0.3) is 17.1 Å². The van der Waals surface area contributed by atoms with Crippen LogP contribution in [0.5, 0.6) is 0 Å². The number of para-hydroxylation sites is 1. The Labute approximate surface area is 107 Å². The average molecular weight is 255 g/mol. The van der Waals surface area contributed by atoms with E-state index in [0.717, 1.165) is 10.5 Å². The molecule has 0 saturated carbocycles. The van der Waals surface area contributed by atoms with Gasteiger partial charge in [0.2, 0.25) is 0 Å². The molecule has 0 unspecified atom stereocenters. The maximum absolute atomic E-state index is 12.3. The lowest BCUT2D eigenvalue weighted by Crippen LogP contribution is -2.40. The summed E-state index contributed by atoms with van der Waals surface area (Å²) in [5, 5.41) is 24.3. The number of benzene rings is 1. The monoisotopic (exact) mass is 255 g/mol. The molecule has 1 aliphatic carbocycles. The summed E-state index contributed by atoms with van der Waals surface area (Å²) in [6, 6.07) is 9.27. The third-order valence-electron chi connectivity index (χ3n) is 3.24. The van der Waals surface area contributed by atoms with Crippen molar-refractivity contribution in [3.63, 3.8) is 0 Å². The Balaban J connectivity index is 1.94. The lowest BCUT2D eigenvalue weighted by molar-refractivity contribution is -0.695. The second-order valence-electron chi connectivity index (χ2n) is 4.35. The van der Waals surface area contributed by atoms with Crippen molar-refractivity contribution in [3.05, 3.63) is 46.9 Å². The Bertz CT molecular complexity index is 747. The van der Waals surface area contributed by atoms with Gasteiger partial charge >= 0.3 is 0 Å². The molecule has 1 aliphatic rings. The maximum Gasteiger partial charge on any atom is 0.276 e. The molecule has 0 radical (unpaired) electrons. The third-order valence-corrected chi connectivity index (χ3v) is 3.24. The minimum atomic E-state index is 0.557. The van der Waals surface area contributed by atoms with E-state index in [1.807, 2.05) is 30.3 Å². The molecule has 4 rings (SSSR count). The number of aromatic nitrogens is 5. The molecule has 3 aromatic rings. The summed E-state index contributed by atoms with van der Waals surface area (Å²) in [5.41, 5.74) is 3.20. The highest BCUT2D eigenvalue weighted by molar-refractivity contribution is 5.60. The van der Waals surface area contributed by atoms with Crippen molar-refractivity contribution in [3.8, 4) is 17.1 Å². The first-order valence-electron chi connectivity index (χ1n) is 5.93. The van der Waals surface area contributed by atoms with Gasteiger partial charge in [0.05, 0.1) is 5.10 Å². The fourth-order valence-electron chi connectivity index (χ4n) is 2.31. The summed E-state index contributed by atoms with van der Waals surface area (Å²) in [6.07, 6.45) is 1.24. The number of hydrogen-bond donors (Lipinski definition) is 0. The van der Waals surface area contributed by atoms with Gasteiger partial charge in [-0.25, -0.2) is 4.63 Å². The van der Waals surface area contributed by atoms with E-state index in [1.54, 1.807) is 0 Å². The van der Waals surface area contributed by atoms with Gasteiger partial charge in [0, 0.05) is 12.8 Å². The van der Waals surface area contributed by atoms with Crippen LogP contribution in [0.2, 0.25) is 0 Å². The largest absolute Gasteiger partial charge is 0.692 e. The lowest BCUT2D eigenvalue weighted by Gasteiger charge is -2.07. The van der Waals surface area contributed by atoms with E-state index in [0.29, 0.717) is 35.6 Å². The Hall–Kier alpha value is -2.70. The topological polar surface area (TPSA) is 83.7 Å². The van der Waals surface area contributed by atoms with Crippen LogP contribution in [0, 0.1) is 5.21 Å². The van der Waals surface area contributed by atoms with Gasteiger partial charge in [-0.15, -0.1) is 4.85 Å². The molecule has 0 bridgehead atoms. The van der Waals surface area contributed by atoms with Crippen LogP contribution < -0.4 is 4.85 Å². The number of nitrogens with zero attached hydrogens (tertiary/aromatic N) is 5. The Kier molecular flexibility index (Phi) is 1.96. The van der Waals surface area contributed by atoms with E-state index in [2.05, 4.69) is 15.4 Å². The number of hydrogen-bond acceptors (Lipinski definition) is 5. The van der Waals surface area contributed by atoms with Gasteiger partial charge in [0.1, 0.15) is 11.4 Å². The van der Waals surface area contributed by atoms with E-state index in [4.69, 9.17) is 4.63 Å². The quantitative estimate of drug-likeness (QED) is 0.471. The standard InChI is InChI=1S/C12H9N5O2/c18-17-10-7-6-9-11(15-19-14-9)12(10)13-16(17)8-4-2-1-3-5-8/h1-5H,6-7H2. The molecule has 94 valence electrons. The SMILES string of the molecule is [O-][n+]1c2c(nn1-c1ccccc1)-c1nonc1CC2. The number of rotatable bonds is 1. The number of fused-ring (bicyclic) bond motifs is 3. The van der Waals surface area contributed by atoms with Crippen LogP contribution in [-0.2, 0) is 12.8 Å². The molecule has 0 saturated heterocycles. The summed E-state index contributed by atoms with van der Waals surface area (Å²) in [7, 11) is 0. The molecular formula is C12H9N5O2. The van der Waals surface area contributed by atoms with Crippen molar-refractivity contribution in [2.24, 2.45) is 0 Å². The molecular weight excluding hydrogens is 246 g/mol. The van der Waals surface area contributed by atoms with E-state index < -0.39 is 0 Å². The van der Waals surface area contributed by atoms with E-state index in [-0.39, 0.29) is 0 Å². The minimum absolute atomic E-state index is 0.557. The molecule has 1 aromatic carbocycles. The zero-order valence-corrected chi connectivity index (χ0v) is 9.85. The number of aryl methyl sites for hydroxylation is 1. The molecule has 0 N–H and O–H groups in total. The van der Waals surface area contributed by atoms with Crippen molar-refractivity contribution in [2.45, 2.75) is 12.8 Å². The highest BCUT2D eigenvalue weighted by Gasteiger charge is 2.34. The van der Waals surface area contributed by atoms with Gasteiger partial charge in [-0.3, -0.25) is 0 Å². The third kappa shape index (κ3) is 1.38. The van der Waals surface area contributed by atoms with Gasteiger partial charge in [-0.2, -0.15) is 0 Å². The van der Waals surface area contributed by atoms with Crippen LogP contribution in [0.4, 0.5) is 0 Å². The zero-order valence-electron chi connectivity index (χ0n) is 9.85.